The van der Waals surface area contributed by atoms with Crippen LogP contribution in [-0.2, 0) is 25.5 Å². The third-order valence-electron chi connectivity index (χ3n) is 8.21. The molecule has 2 fully saturated rings. The molecule has 1 aliphatic heterocycles. The Morgan fingerprint density at radius 3 is 2.47 bits per heavy atom. The monoisotopic (exact) mass is 526 g/mol. The van der Waals surface area contributed by atoms with Crippen LogP contribution in [0.5, 0.6) is 5.75 Å². The van der Waals surface area contributed by atoms with E-state index < -0.39 is 0 Å². The highest BCUT2D eigenvalue weighted by Crippen LogP contribution is 2.44. The van der Waals surface area contributed by atoms with E-state index in [1.807, 2.05) is 18.2 Å². The highest BCUT2D eigenvalue weighted by atomic mass is 16.5. The fraction of sp³-hybridized carbons (Fsp3) is 0.621. The summed E-state index contributed by atoms with van der Waals surface area (Å²) in [5, 5.41) is 10.5. The van der Waals surface area contributed by atoms with Crippen molar-refractivity contribution in [3.63, 3.8) is 0 Å². The lowest BCUT2D eigenvalue weighted by Gasteiger charge is -2.49. The first-order valence-electron chi connectivity index (χ1n) is 13.7. The zero-order valence-corrected chi connectivity index (χ0v) is 23.2. The molecule has 9 nitrogen and oxygen atoms in total. The summed E-state index contributed by atoms with van der Waals surface area (Å²) in [4.78, 5) is 29.8. The maximum Gasteiger partial charge on any atom is 0.223 e. The molecule has 1 aromatic heterocycles. The third-order valence-corrected chi connectivity index (χ3v) is 8.21. The number of nitrogens with one attached hydrogen (secondary N) is 3. The SMILES string of the molecule is CCCC1NC(=O)C(Cc2cc3cc(OC)ccc3nc2NCCNC(C)=O)C2CC(OC)C(OC)CC12. The van der Waals surface area contributed by atoms with Gasteiger partial charge in [0.05, 0.1) is 24.8 Å². The average molecular weight is 527 g/mol. The number of hydrogen-bond acceptors (Lipinski definition) is 7. The van der Waals surface area contributed by atoms with Crippen LogP contribution in [0.2, 0.25) is 0 Å². The summed E-state index contributed by atoms with van der Waals surface area (Å²) in [5.41, 5.74) is 1.81. The minimum atomic E-state index is -0.204. The second kappa shape index (κ2) is 12.8. The Balaban J connectivity index is 1.67. The molecule has 2 aromatic rings. The van der Waals surface area contributed by atoms with Crippen LogP contribution in [0, 0.1) is 17.8 Å². The van der Waals surface area contributed by atoms with Crippen LogP contribution in [0.4, 0.5) is 5.82 Å². The van der Waals surface area contributed by atoms with Crippen molar-refractivity contribution in [2.45, 2.75) is 64.2 Å². The second-order valence-electron chi connectivity index (χ2n) is 10.5. The number of hydrogen-bond donors (Lipinski definition) is 3. The van der Waals surface area contributed by atoms with Crippen molar-refractivity contribution >= 4 is 28.5 Å². The summed E-state index contributed by atoms with van der Waals surface area (Å²) in [7, 11) is 5.13. The summed E-state index contributed by atoms with van der Waals surface area (Å²) >= 11 is 0. The molecule has 0 spiro atoms. The van der Waals surface area contributed by atoms with Gasteiger partial charge >= 0.3 is 0 Å². The second-order valence-corrected chi connectivity index (χ2v) is 10.5. The van der Waals surface area contributed by atoms with Crippen molar-refractivity contribution < 1.29 is 23.8 Å². The maximum atomic E-state index is 13.6. The molecule has 6 atom stereocenters. The molecule has 1 aromatic carbocycles. The number of carbonyl (C=O) groups is 2. The Labute approximate surface area is 225 Å². The maximum absolute atomic E-state index is 13.6. The number of rotatable bonds is 11. The molecule has 1 saturated carbocycles. The predicted octanol–water partition coefficient (Wildman–Crippen LogP) is 3.30. The number of pyridine rings is 1. The minimum Gasteiger partial charge on any atom is -0.497 e. The molecule has 0 radical (unpaired) electrons. The summed E-state index contributed by atoms with van der Waals surface area (Å²) in [6.45, 7) is 4.68. The first kappa shape index (κ1) is 28.1. The number of carbonyl (C=O) groups excluding carboxylic acids is 2. The fourth-order valence-electron chi connectivity index (χ4n) is 6.33. The number of amides is 2. The van der Waals surface area contributed by atoms with E-state index in [4.69, 9.17) is 19.2 Å². The number of aromatic nitrogens is 1. The van der Waals surface area contributed by atoms with Gasteiger partial charge in [0.15, 0.2) is 0 Å². The topological polar surface area (TPSA) is 111 Å². The molecule has 208 valence electrons. The smallest absolute Gasteiger partial charge is 0.223 e. The molecule has 6 unspecified atom stereocenters. The van der Waals surface area contributed by atoms with Crippen LogP contribution in [0.15, 0.2) is 24.3 Å². The van der Waals surface area contributed by atoms with E-state index >= 15 is 0 Å². The molecule has 2 heterocycles. The molecule has 3 N–H and O–H groups in total. The van der Waals surface area contributed by atoms with Gasteiger partial charge in [-0.15, -0.1) is 0 Å². The predicted molar refractivity (Wildman–Crippen MR) is 147 cm³/mol. The lowest BCUT2D eigenvalue weighted by atomic mass is 9.63. The Morgan fingerprint density at radius 1 is 1.08 bits per heavy atom. The van der Waals surface area contributed by atoms with Crippen LogP contribution < -0.4 is 20.7 Å². The molecular weight excluding hydrogens is 484 g/mol. The number of nitrogens with zero attached hydrogens (tertiary/aromatic N) is 1. The molecule has 4 rings (SSSR count). The summed E-state index contributed by atoms with van der Waals surface area (Å²) in [6.07, 6.45) is 4.18. The zero-order valence-electron chi connectivity index (χ0n) is 23.2. The molecule has 0 bridgehead atoms. The summed E-state index contributed by atoms with van der Waals surface area (Å²) in [5.74, 6) is 1.84. The van der Waals surface area contributed by atoms with Crippen molar-refractivity contribution in [1.82, 2.24) is 15.6 Å². The molecule has 38 heavy (non-hydrogen) atoms. The van der Waals surface area contributed by atoms with Crippen LogP contribution in [0.1, 0.15) is 45.1 Å². The molecule has 2 aliphatic rings. The van der Waals surface area contributed by atoms with Crippen molar-refractivity contribution in [1.29, 1.82) is 0 Å². The number of anilines is 1. The quantitative estimate of drug-likeness (QED) is 0.385. The molecule has 9 heteroatoms. The highest BCUT2D eigenvalue weighted by Gasteiger charge is 2.49. The van der Waals surface area contributed by atoms with E-state index in [9.17, 15) is 9.59 Å². The number of fused-ring (bicyclic) bond motifs is 2. The molecule has 2 amide bonds. The van der Waals surface area contributed by atoms with Gasteiger partial charge in [-0.25, -0.2) is 4.98 Å². The third kappa shape index (κ3) is 6.21. The van der Waals surface area contributed by atoms with E-state index in [0.717, 1.165) is 53.7 Å². The van der Waals surface area contributed by atoms with E-state index in [1.165, 1.54) is 6.92 Å². The first-order chi connectivity index (χ1) is 18.4. The minimum absolute atomic E-state index is 0.0251. The van der Waals surface area contributed by atoms with Gasteiger partial charge < -0.3 is 30.2 Å². The van der Waals surface area contributed by atoms with Gasteiger partial charge in [0.25, 0.3) is 0 Å². The molecule has 1 saturated heterocycles. The van der Waals surface area contributed by atoms with Gasteiger partial charge in [0.2, 0.25) is 11.8 Å². The lowest BCUT2D eigenvalue weighted by Crippen LogP contribution is -2.59. The number of piperidine rings is 1. The fourth-order valence-corrected chi connectivity index (χ4v) is 6.33. The van der Waals surface area contributed by atoms with Crippen molar-refractivity contribution in [2.24, 2.45) is 17.8 Å². The van der Waals surface area contributed by atoms with Gasteiger partial charge in [-0.3, -0.25) is 9.59 Å². The van der Waals surface area contributed by atoms with E-state index in [1.54, 1.807) is 21.3 Å². The number of methoxy groups -OCH3 is 3. The van der Waals surface area contributed by atoms with E-state index in [0.29, 0.717) is 25.4 Å². The van der Waals surface area contributed by atoms with Crippen LogP contribution in [0.3, 0.4) is 0 Å². The Morgan fingerprint density at radius 2 is 1.82 bits per heavy atom. The van der Waals surface area contributed by atoms with Gasteiger partial charge in [0, 0.05) is 51.6 Å². The standard InChI is InChI=1S/C29H42N4O5/c1-6-7-25-22-16-27(38-5)26(37-4)15-21(22)23(29(35)33-25)14-19-12-18-13-20(36-3)8-9-24(18)32-28(19)31-11-10-30-17(2)34/h8-9,12-13,21-23,25-27H,6-7,10-11,14-16H2,1-5H3,(H,30,34)(H,31,32)(H,33,35). The average Bonchev–Trinajstić information content (AvgIpc) is 2.92. The molecular formula is C29H42N4O5. The van der Waals surface area contributed by atoms with Gasteiger partial charge in [-0.05, 0) is 67.3 Å². The van der Waals surface area contributed by atoms with Gasteiger partial charge in [-0.1, -0.05) is 13.3 Å². The van der Waals surface area contributed by atoms with Crippen LogP contribution in [-0.4, -0.2) is 69.5 Å². The summed E-state index contributed by atoms with van der Waals surface area (Å²) in [6, 6.07) is 8.06. The van der Waals surface area contributed by atoms with Crippen LogP contribution in [0.25, 0.3) is 10.9 Å². The van der Waals surface area contributed by atoms with Crippen molar-refractivity contribution in [3.05, 3.63) is 29.8 Å². The van der Waals surface area contributed by atoms with E-state index in [2.05, 4.69) is 28.9 Å². The number of ether oxygens (including phenoxy) is 3. The summed E-state index contributed by atoms with van der Waals surface area (Å²) < 4.78 is 17.1. The zero-order chi connectivity index (χ0) is 27.2. The van der Waals surface area contributed by atoms with Crippen LogP contribution >= 0.6 is 0 Å². The van der Waals surface area contributed by atoms with Crippen molar-refractivity contribution in [3.8, 4) is 5.75 Å². The normalized spacial score (nSPS) is 26.9. The Hall–Kier alpha value is -2.91. The van der Waals surface area contributed by atoms with Gasteiger partial charge in [0.1, 0.15) is 11.6 Å². The first-order valence-corrected chi connectivity index (χ1v) is 13.7. The molecule has 1 aliphatic carbocycles. The number of benzene rings is 1. The van der Waals surface area contributed by atoms with E-state index in [-0.39, 0.29) is 41.9 Å². The van der Waals surface area contributed by atoms with Gasteiger partial charge in [-0.2, -0.15) is 0 Å². The Kier molecular flexibility index (Phi) is 9.44. The lowest BCUT2D eigenvalue weighted by molar-refractivity contribution is -0.144. The van der Waals surface area contributed by atoms with Crippen molar-refractivity contribution in [2.75, 3.05) is 39.7 Å². The highest BCUT2D eigenvalue weighted by molar-refractivity contribution is 5.84. The Bertz CT molecular complexity index is 1130. The largest absolute Gasteiger partial charge is 0.497 e.